The topological polar surface area (TPSA) is 33.7 Å². The Kier molecular flexibility index (Phi) is 6.83. The molecule has 1 aromatic rings. The Hall–Kier alpha value is -1.26. The summed E-state index contributed by atoms with van der Waals surface area (Å²) in [6, 6.07) is 6.30. The maximum Gasteiger partial charge on any atom is 0.161 e. The molecule has 1 fully saturated rings. The summed E-state index contributed by atoms with van der Waals surface area (Å²) in [6.07, 6.45) is 3.30. The molecule has 0 amide bonds. The Morgan fingerprint density at radius 1 is 1.19 bits per heavy atom. The molecule has 0 unspecified atom stereocenters. The second kappa shape index (κ2) is 8.90. The summed E-state index contributed by atoms with van der Waals surface area (Å²) in [5.41, 5.74) is 1.33. The second-order valence-electron chi connectivity index (χ2n) is 5.53. The number of rotatable bonds is 8. The van der Waals surface area contributed by atoms with Gasteiger partial charge in [-0.3, -0.25) is 0 Å². The van der Waals surface area contributed by atoms with E-state index < -0.39 is 0 Å². The number of nitrogens with zero attached hydrogens (tertiary/aromatic N) is 1. The Bertz CT molecular complexity index is 417. The molecular weight excluding hydrogens is 264 g/mol. The zero-order valence-corrected chi connectivity index (χ0v) is 13.4. The smallest absolute Gasteiger partial charge is 0.161 e. The number of hydrogen-bond donors (Lipinski definition) is 1. The number of aryl methyl sites for hydroxylation is 1. The van der Waals surface area contributed by atoms with Gasteiger partial charge in [0.25, 0.3) is 0 Å². The fourth-order valence-electron chi connectivity index (χ4n) is 2.64. The van der Waals surface area contributed by atoms with Crippen LogP contribution in [0.5, 0.6) is 11.5 Å². The lowest BCUT2D eigenvalue weighted by Crippen LogP contribution is -2.43. The molecule has 0 aliphatic carbocycles. The molecular formula is C17H28N2O2. The first-order valence-corrected chi connectivity index (χ1v) is 8.06. The van der Waals surface area contributed by atoms with E-state index in [2.05, 4.69) is 29.3 Å². The van der Waals surface area contributed by atoms with Crippen molar-refractivity contribution in [2.24, 2.45) is 0 Å². The molecule has 0 aromatic heterocycles. The van der Waals surface area contributed by atoms with Crippen molar-refractivity contribution in [1.82, 2.24) is 10.2 Å². The lowest BCUT2D eigenvalue weighted by atomic mass is 10.1. The summed E-state index contributed by atoms with van der Waals surface area (Å²) >= 11 is 0. The van der Waals surface area contributed by atoms with Gasteiger partial charge in [0.15, 0.2) is 11.5 Å². The van der Waals surface area contributed by atoms with Gasteiger partial charge >= 0.3 is 0 Å². The Labute approximate surface area is 128 Å². The van der Waals surface area contributed by atoms with Crippen molar-refractivity contribution in [2.75, 3.05) is 46.4 Å². The van der Waals surface area contributed by atoms with E-state index in [-0.39, 0.29) is 0 Å². The largest absolute Gasteiger partial charge is 0.493 e. The molecule has 1 aliphatic heterocycles. The second-order valence-corrected chi connectivity index (χ2v) is 5.53. The Morgan fingerprint density at radius 2 is 2.00 bits per heavy atom. The van der Waals surface area contributed by atoms with Crippen LogP contribution in [0.15, 0.2) is 18.2 Å². The predicted octanol–water partition coefficient (Wildman–Crippen LogP) is 2.32. The molecule has 4 heteroatoms. The van der Waals surface area contributed by atoms with Crippen molar-refractivity contribution in [3.8, 4) is 11.5 Å². The van der Waals surface area contributed by atoms with E-state index in [1.165, 1.54) is 31.6 Å². The van der Waals surface area contributed by atoms with Gasteiger partial charge in [0.1, 0.15) is 0 Å². The van der Waals surface area contributed by atoms with Crippen molar-refractivity contribution in [3.63, 3.8) is 0 Å². The number of methoxy groups -OCH3 is 1. The third-order valence-corrected chi connectivity index (χ3v) is 3.84. The van der Waals surface area contributed by atoms with E-state index in [1.807, 2.05) is 6.07 Å². The average Bonchev–Trinajstić information content (AvgIpc) is 2.54. The zero-order chi connectivity index (χ0) is 14.9. The molecule has 1 heterocycles. The summed E-state index contributed by atoms with van der Waals surface area (Å²) in [7, 11) is 1.69. The van der Waals surface area contributed by atoms with Crippen LogP contribution in [0, 0.1) is 0 Å². The molecule has 1 N–H and O–H groups in total. The Morgan fingerprint density at radius 3 is 2.71 bits per heavy atom. The lowest BCUT2D eigenvalue weighted by Gasteiger charge is -2.27. The summed E-state index contributed by atoms with van der Waals surface area (Å²) < 4.78 is 11.1. The molecule has 4 nitrogen and oxygen atoms in total. The summed E-state index contributed by atoms with van der Waals surface area (Å²) in [4.78, 5) is 2.54. The minimum Gasteiger partial charge on any atom is -0.493 e. The zero-order valence-electron chi connectivity index (χ0n) is 13.4. The van der Waals surface area contributed by atoms with E-state index in [1.54, 1.807) is 7.11 Å². The molecule has 0 radical (unpaired) electrons. The van der Waals surface area contributed by atoms with Crippen LogP contribution in [-0.4, -0.2) is 51.3 Å². The van der Waals surface area contributed by atoms with Crippen molar-refractivity contribution in [2.45, 2.75) is 26.2 Å². The van der Waals surface area contributed by atoms with E-state index in [4.69, 9.17) is 9.47 Å². The maximum absolute atomic E-state index is 5.77. The first-order valence-electron chi connectivity index (χ1n) is 8.06. The molecule has 0 spiro atoms. The Balaban J connectivity index is 1.84. The van der Waals surface area contributed by atoms with Crippen molar-refractivity contribution in [1.29, 1.82) is 0 Å². The first-order chi connectivity index (χ1) is 10.3. The van der Waals surface area contributed by atoms with Gasteiger partial charge in [-0.25, -0.2) is 0 Å². The summed E-state index contributed by atoms with van der Waals surface area (Å²) in [5.74, 6) is 1.70. The normalized spacial score (nSPS) is 15.9. The molecule has 1 aromatic carbocycles. The fraction of sp³-hybridized carbons (Fsp3) is 0.647. The van der Waals surface area contributed by atoms with Gasteiger partial charge in [-0.15, -0.1) is 0 Å². The molecule has 2 rings (SSSR count). The minimum absolute atomic E-state index is 0.737. The number of piperazine rings is 1. The lowest BCUT2D eigenvalue weighted by molar-refractivity contribution is 0.238. The van der Waals surface area contributed by atoms with Gasteiger partial charge in [0.2, 0.25) is 0 Å². The molecule has 118 valence electrons. The van der Waals surface area contributed by atoms with Crippen molar-refractivity contribution < 1.29 is 9.47 Å². The number of ether oxygens (including phenoxy) is 2. The van der Waals surface area contributed by atoms with Crippen LogP contribution in [0.3, 0.4) is 0 Å². The van der Waals surface area contributed by atoms with Gasteiger partial charge in [0.05, 0.1) is 13.7 Å². The monoisotopic (exact) mass is 292 g/mol. The standard InChI is InChI=1S/C17H28N2O2/c1-3-13-21-17-14-15(6-7-16(17)20-2)5-4-10-19-11-8-18-9-12-19/h6-7,14,18H,3-5,8-13H2,1-2H3. The van der Waals surface area contributed by atoms with Gasteiger partial charge < -0.3 is 19.7 Å². The van der Waals surface area contributed by atoms with Gasteiger partial charge in [-0.2, -0.15) is 0 Å². The van der Waals surface area contributed by atoms with Crippen LogP contribution in [0.4, 0.5) is 0 Å². The van der Waals surface area contributed by atoms with Crippen LogP contribution >= 0.6 is 0 Å². The van der Waals surface area contributed by atoms with Crippen LogP contribution < -0.4 is 14.8 Å². The van der Waals surface area contributed by atoms with Crippen LogP contribution in [0.25, 0.3) is 0 Å². The third kappa shape index (κ3) is 5.21. The SMILES string of the molecule is CCCOc1cc(CCCN2CCNCC2)ccc1OC. The molecule has 0 saturated carbocycles. The van der Waals surface area contributed by atoms with Gasteiger partial charge in [0, 0.05) is 26.2 Å². The third-order valence-electron chi connectivity index (χ3n) is 3.84. The van der Waals surface area contributed by atoms with Crippen LogP contribution in [0.2, 0.25) is 0 Å². The number of benzene rings is 1. The predicted molar refractivity (Wildman–Crippen MR) is 86.4 cm³/mol. The highest BCUT2D eigenvalue weighted by Gasteiger charge is 2.09. The van der Waals surface area contributed by atoms with E-state index in [9.17, 15) is 0 Å². The van der Waals surface area contributed by atoms with E-state index in [0.717, 1.165) is 44.0 Å². The number of nitrogens with one attached hydrogen (secondary N) is 1. The van der Waals surface area contributed by atoms with Gasteiger partial charge in [-0.1, -0.05) is 13.0 Å². The average molecular weight is 292 g/mol. The highest BCUT2D eigenvalue weighted by Crippen LogP contribution is 2.28. The molecule has 21 heavy (non-hydrogen) atoms. The quantitative estimate of drug-likeness (QED) is 0.797. The molecule has 0 bridgehead atoms. The summed E-state index contributed by atoms with van der Waals surface area (Å²) in [6.45, 7) is 8.62. The van der Waals surface area contributed by atoms with E-state index >= 15 is 0 Å². The fourth-order valence-corrected chi connectivity index (χ4v) is 2.64. The number of hydrogen-bond acceptors (Lipinski definition) is 4. The summed E-state index contributed by atoms with van der Waals surface area (Å²) in [5, 5.41) is 3.39. The van der Waals surface area contributed by atoms with Crippen molar-refractivity contribution >= 4 is 0 Å². The van der Waals surface area contributed by atoms with Crippen LogP contribution in [0.1, 0.15) is 25.3 Å². The minimum atomic E-state index is 0.737. The first kappa shape index (κ1) is 16.1. The van der Waals surface area contributed by atoms with Crippen molar-refractivity contribution in [3.05, 3.63) is 23.8 Å². The van der Waals surface area contributed by atoms with Gasteiger partial charge in [-0.05, 0) is 43.5 Å². The molecule has 0 atom stereocenters. The van der Waals surface area contributed by atoms with Crippen LogP contribution in [-0.2, 0) is 6.42 Å². The highest BCUT2D eigenvalue weighted by molar-refractivity contribution is 5.43. The molecule has 1 aliphatic rings. The maximum atomic E-state index is 5.77. The van der Waals surface area contributed by atoms with E-state index in [0.29, 0.717) is 0 Å². The highest BCUT2D eigenvalue weighted by atomic mass is 16.5. The molecule has 1 saturated heterocycles.